The molecule has 1 saturated heterocycles. The molecule has 142 valence electrons. The first-order chi connectivity index (χ1) is 12.9. The first-order valence-electron chi connectivity index (χ1n) is 8.14. The molecule has 1 aromatic carbocycles. The molecule has 1 fully saturated rings. The van der Waals surface area contributed by atoms with Crippen LogP contribution in [0.25, 0.3) is 0 Å². The van der Waals surface area contributed by atoms with E-state index in [1.165, 1.54) is 24.3 Å². The molecule has 0 aliphatic carbocycles. The molecule has 2 amide bonds. The summed E-state index contributed by atoms with van der Waals surface area (Å²) < 4.78 is 39.0. The van der Waals surface area contributed by atoms with Crippen molar-refractivity contribution in [3.05, 3.63) is 47.7 Å². The van der Waals surface area contributed by atoms with Crippen LogP contribution in [-0.2, 0) is 11.0 Å². The molecule has 1 aliphatic heterocycles. The Hall–Kier alpha value is -3.17. The molecule has 27 heavy (non-hydrogen) atoms. The van der Waals surface area contributed by atoms with Gasteiger partial charge in [-0.2, -0.15) is 13.2 Å². The van der Waals surface area contributed by atoms with Gasteiger partial charge in [-0.25, -0.2) is 0 Å². The molecule has 1 N–H and O–H groups in total. The van der Waals surface area contributed by atoms with Crippen LogP contribution in [0.5, 0.6) is 0 Å². The first kappa shape index (κ1) is 18.6. The highest BCUT2D eigenvalue weighted by Gasteiger charge is 2.33. The van der Waals surface area contributed by atoms with E-state index in [2.05, 4.69) is 15.5 Å². The maximum absolute atomic E-state index is 13.0. The van der Waals surface area contributed by atoms with Crippen LogP contribution in [0.15, 0.2) is 36.4 Å². The SMILES string of the molecule is O=CN1CCN(c2ccc(C(=O)Nc3ccccc3C(F)(F)F)nn2)CC1. The minimum absolute atomic E-state index is 0.0951. The number of rotatable bonds is 4. The quantitative estimate of drug-likeness (QED) is 0.823. The van der Waals surface area contributed by atoms with Crippen LogP contribution in [0.4, 0.5) is 24.7 Å². The number of carbonyl (C=O) groups is 2. The zero-order valence-electron chi connectivity index (χ0n) is 14.1. The van der Waals surface area contributed by atoms with Crippen molar-refractivity contribution in [1.29, 1.82) is 0 Å². The van der Waals surface area contributed by atoms with Gasteiger partial charge in [0.2, 0.25) is 6.41 Å². The zero-order valence-corrected chi connectivity index (χ0v) is 14.1. The summed E-state index contributed by atoms with van der Waals surface area (Å²) in [4.78, 5) is 26.5. The Kier molecular flexibility index (Phi) is 5.24. The number of para-hydroxylation sites is 1. The van der Waals surface area contributed by atoms with Crippen molar-refractivity contribution in [1.82, 2.24) is 15.1 Å². The number of alkyl halides is 3. The van der Waals surface area contributed by atoms with Crippen LogP contribution < -0.4 is 10.2 Å². The predicted octanol–water partition coefficient (Wildman–Crippen LogP) is 2.03. The second-order valence-corrected chi connectivity index (χ2v) is 5.90. The monoisotopic (exact) mass is 379 g/mol. The number of piperazine rings is 1. The van der Waals surface area contributed by atoms with Crippen molar-refractivity contribution >= 4 is 23.8 Å². The van der Waals surface area contributed by atoms with Crippen molar-refractivity contribution in [3.8, 4) is 0 Å². The average Bonchev–Trinajstić information content (AvgIpc) is 2.68. The summed E-state index contributed by atoms with van der Waals surface area (Å²) in [6.45, 7) is 2.28. The first-order valence-corrected chi connectivity index (χ1v) is 8.14. The van der Waals surface area contributed by atoms with E-state index in [-0.39, 0.29) is 11.4 Å². The molecule has 0 spiro atoms. The molecular weight excluding hydrogens is 363 g/mol. The van der Waals surface area contributed by atoms with Gasteiger partial charge in [0.05, 0.1) is 11.3 Å². The summed E-state index contributed by atoms with van der Waals surface area (Å²) >= 11 is 0. The number of nitrogens with zero attached hydrogens (tertiary/aromatic N) is 4. The van der Waals surface area contributed by atoms with Gasteiger partial charge >= 0.3 is 6.18 Å². The second-order valence-electron chi connectivity index (χ2n) is 5.90. The van der Waals surface area contributed by atoms with Crippen LogP contribution in [0.1, 0.15) is 16.1 Å². The topological polar surface area (TPSA) is 78.4 Å². The number of aromatic nitrogens is 2. The summed E-state index contributed by atoms with van der Waals surface area (Å²) in [5, 5.41) is 10.0. The number of anilines is 2. The van der Waals surface area contributed by atoms with E-state index in [0.717, 1.165) is 12.5 Å². The van der Waals surface area contributed by atoms with Gasteiger partial charge in [-0.1, -0.05) is 12.1 Å². The van der Waals surface area contributed by atoms with Crippen LogP contribution in [-0.4, -0.2) is 53.6 Å². The van der Waals surface area contributed by atoms with E-state index in [0.29, 0.717) is 32.0 Å². The van der Waals surface area contributed by atoms with Gasteiger partial charge in [0.25, 0.3) is 5.91 Å². The highest BCUT2D eigenvalue weighted by molar-refractivity contribution is 6.03. The van der Waals surface area contributed by atoms with Gasteiger partial charge < -0.3 is 15.1 Å². The fourth-order valence-corrected chi connectivity index (χ4v) is 2.70. The Labute approximate surface area is 152 Å². The molecule has 2 heterocycles. The molecule has 1 aliphatic rings. The van der Waals surface area contributed by atoms with Crippen molar-refractivity contribution in [2.75, 3.05) is 36.4 Å². The summed E-state index contributed by atoms with van der Waals surface area (Å²) in [6.07, 6.45) is -3.79. The van der Waals surface area contributed by atoms with E-state index in [9.17, 15) is 22.8 Å². The molecule has 0 unspecified atom stereocenters. The third kappa shape index (κ3) is 4.33. The van der Waals surface area contributed by atoms with E-state index >= 15 is 0 Å². The Bertz CT molecular complexity index is 818. The largest absolute Gasteiger partial charge is 0.418 e. The summed E-state index contributed by atoms with van der Waals surface area (Å²) in [6, 6.07) is 7.70. The lowest BCUT2D eigenvalue weighted by molar-refractivity contribution is -0.136. The van der Waals surface area contributed by atoms with Gasteiger partial charge in [-0.05, 0) is 24.3 Å². The van der Waals surface area contributed by atoms with E-state index < -0.39 is 17.6 Å². The second kappa shape index (κ2) is 7.60. The van der Waals surface area contributed by atoms with Gasteiger partial charge in [0.1, 0.15) is 0 Å². The highest BCUT2D eigenvalue weighted by Crippen LogP contribution is 2.34. The van der Waals surface area contributed by atoms with Crippen molar-refractivity contribution in [2.24, 2.45) is 0 Å². The lowest BCUT2D eigenvalue weighted by Gasteiger charge is -2.32. The van der Waals surface area contributed by atoms with Crippen LogP contribution in [0, 0.1) is 0 Å². The predicted molar refractivity (Wildman–Crippen MR) is 91.3 cm³/mol. The number of nitrogens with one attached hydrogen (secondary N) is 1. The third-order valence-corrected chi connectivity index (χ3v) is 4.15. The van der Waals surface area contributed by atoms with E-state index in [4.69, 9.17) is 0 Å². The highest BCUT2D eigenvalue weighted by atomic mass is 19.4. The third-order valence-electron chi connectivity index (χ3n) is 4.15. The molecule has 0 atom stereocenters. The maximum Gasteiger partial charge on any atom is 0.418 e. The molecular formula is C17H16F3N5O2. The fourth-order valence-electron chi connectivity index (χ4n) is 2.70. The average molecular weight is 379 g/mol. The van der Waals surface area contributed by atoms with E-state index in [1.807, 2.05) is 4.90 Å². The summed E-state index contributed by atoms with van der Waals surface area (Å²) in [5.74, 6) is -0.246. The lowest BCUT2D eigenvalue weighted by atomic mass is 10.1. The molecule has 10 heteroatoms. The molecule has 3 rings (SSSR count). The van der Waals surface area contributed by atoms with Crippen molar-refractivity contribution in [3.63, 3.8) is 0 Å². The van der Waals surface area contributed by atoms with Crippen LogP contribution in [0.3, 0.4) is 0 Å². The number of amides is 2. The lowest BCUT2D eigenvalue weighted by Crippen LogP contribution is -2.46. The minimum Gasteiger partial charge on any atom is -0.352 e. The van der Waals surface area contributed by atoms with Gasteiger partial charge in [0, 0.05) is 26.2 Å². The van der Waals surface area contributed by atoms with Crippen molar-refractivity contribution < 1.29 is 22.8 Å². The zero-order chi connectivity index (χ0) is 19.4. The molecule has 0 saturated carbocycles. The number of hydrogen-bond donors (Lipinski definition) is 1. The molecule has 0 radical (unpaired) electrons. The Morgan fingerprint density at radius 3 is 2.33 bits per heavy atom. The van der Waals surface area contributed by atoms with Crippen LogP contribution >= 0.6 is 0 Å². The Morgan fingerprint density at radius 1 is 1.04 bits per heavy atom. The Balaban J connectivity index is 1.69. The number of benzene rings is 1. The maximum atomic E-state index is 13.0. The fraction of sp³-hybridized carbons (Fsp3) is 0.294. The number of hydrogen-bond acceptors (Lipinski definition) is 5. The number of carbonyl (C=O) groups excluding carboxylic acids is 2. The molecule has 2 aromatic rings. The smallest absolute Gasteiger partial charge is 0.352 e. The molecule has 1 aromatic heterocycles. The normalized spacial score (nSPS) is 14.8. The van der Waals surface area contributed by atoms with Crippen molar-refractivity contribution in [2.45, 2.75) is 6.18 Å². The Morgan fingerprint density at radius 2 is 1.74 bits per heavy atom. The number of halogens is 3. The summed E-state index contributed by atoms with van der Waals surface area (Å²) in [7, 11) is 0. The summed E-state index contributed by atoms with van der Waals surface area (Å²) in [5.41, 5.74) is -1.37. The van der Waals surface area contributed by atoms with Gasteiger partial charge in [0.15, 0.2) is 11.5 Å². The minimum atomic E-state index is -4.58. The van der Waals surface area contributed by atoms with Crippen LogP contribution in [0.2, 0.25) is 0 Å². The molecule has 0 bridgehead atoms. The van der Waals surface area contributed by atoms with Gasteiger partial charge in [-0.15, -0.1) is 10.2 Å². The van der Waals surface area contributed by atoms with E-state index in [1.54, 1.807) is 11.0 Å². The van der Waals surface area contributed by atoms with Gasteiger partial charge in [-0.3, -0.25) is 9.59 Å². The molecule has 7 nitrogen and oxygen atoms in total. The standard InChI is InChI=1S/C17H16F3N5O2/c18-17(19,20)12-3-1-2-4-13(12)21-16(27)14-5-6-15(23-22-14)25-9-7-24(11-26)8-10-25/h1-6,11H,7-10H2,(H,21,27).